The fourth-order valence-corrected chi connectivity index (χ4v) is 5.42. The molecule has 1 aromatic rings. The number of aromatic nitrogens is 1. The van der Waals surface area contributed by atoms with Gasteiger partial charge in [0.25, 0.3) is 0 Å². The van der Waals surface area contributed by atoms with Gasteiger partial charge in [-0.3, -0.25) is 0 Å². The van der Waals surface area contributed by atoms with E-state index in [1.54, 1.807) is 0 Å². The Morgan fingerprint density at radius 2 is 1.81 bits per heavy atom. The maximum atomic E-state index is 6.12. The lowest BCUT2D eigenvalue weighted by atomic mass is 9.51. The molecule has 1 N–H and O–H groups in total. The van der Waals surface area contributed by atoms with Crippen LogP contribution in [0.3, 0.4) is 0 Å². The number of nitrogens with zero attached hydrogens (tertiary/aromatic N) is 1. The zero-order valence-electron chi connectivity index (χ0n) is 13.3. The van der Waals surface area contributed by atoms with E-state index in [1.807, 2.05) is 6.20 Å². The molecule has 116 valence electrons. The van der Waals surface area contributed by atoms with Crippen molar-refractivity contribution in [1.29, 1.82) is 0 Å². The van der Waals surface area contributed by atoms with E-state index in [4.69, 9.17) is 4.42 Å². The Hall–Kier alpha value is -0.830. The number of hydrogen-bond acceptors (Lipinski definition) is 3. The summed E-state index contributed by atoms with van der Waals surface area (Å²) in [5.74, 6) is 7.21. The lowest BCUT2D eigenvalue weighted by Gasteiger charge is -2.53. The van der Waals surface area contributed by atoms with Gasteiger partial charge in [0.05, 0.1) is 12.7 Å². The highest BCUT2D eigenvalue weighted by Crippen LogP contribution is 2.59. The van der Waals surface area contributed by atoms with Gasteiger partial charge in [-0.25, -0.2) is 4.98 Å². The van der Waals surface area contributed by atoms with E-state index in [0.29, 0.717) is 11.8 Å². The highest BCUT2D eigenvalue weighted by molar-refractivity contribution is 5.13. The molecule has 0 saturated heterocycles. The van der Waals surface area contributed by atoms with E-state index >= 15 is 0 Å². The van der Waals surface area contributed by atoms with Crippen molar-refractivity contribution in [3.05, 3.63) is 17.8 Å². The largest absolute Gasteiger partial charge is 0.444 e. The van der Waals surface area contributed by atoms with E-state index in [-0.39, 0.29) is 0 Å². The number of rotatable bonds is 5. The maximum absolute atomic E-state index is 6.12. The standard InChI is InChI=1S/C18H28N2O/c1-11(2)8-19-10-17-20-9-16(21-17)18-14-4-12-3-13(6-14)7-15(18)5-12/h9,11-15,18-19H,3-8,10H2,1-2H3. The quantitative estimate of drug-likeness (QED) is 0.891. The van der Waals surface area contributed by atoms with Gasteiger partial charge in [0.15, 0.2) is 0 Å². The first-order valence-corrected chi connectivity index (χ1v) is 8.84. The highest BCUT2D eigenvalue weighted by Gasteiger charge is 2.49. The summed E-state index contributed by atoms with van der Waals surface area (Å²) in [4.78, 5) is 4.52. The molecule has 0 spiro atoms. The Bertz CT molecular complexity index is 465. The summed E-state index contributed by atoms with van der Waals surface area (Å²) in [5.41, 5.74) is 0. The topological polar surface area (TPSA) is 38.1 Å². The van der Waals surface area contributed by atoms with Gasteiger partial charge in [-0.05, 0) is 68.2 Å². The van der Waals surface area contributed by atoms with Gasteiger partial charge in [0, 0.05) is 5.92 Å². The fourth-order valence-electron chi connectivity index (χ4n) is 5.42. The van der Waals surface area contributed by atoms with Gasteiger partial charge in [0.1, 0.15) is 5.76 Å². The minimum Gasteiger partial charge on any atom is -0.444 e. The second kappa shape index (κ2) is 5.42. The zero-order valence-corrected chi connectivity index (χ0v) is 13.3. The minimum atomic E-state index is 0.670. The normalized spacial score (nSPS) is 37.6. The molecule has 4 saturated carbocycles. The molecule has 0 aliphatic heterocycles. The van der Waals surface area contributed by atoms with Crippen LogP contribution in [0.4, 0.5) is 0 Å². The van der Waals surface area contributed by atoms with E-state index < -0.39 is 0 Å². The molecule has 1 aromatic heterocycles. The lowest BCUT2D eigenvalue weighted by molar-refractivity contribution is -0.00994. The van der Waals surface area contributed by atoms with Crippen molar-refractivity contribution in [2.45, 2.75) is 58.4 Å². The molecule has 0 amide bonds. The second-order valence-electron chi connectivity index (χ2n) is 8.14. The molecule has 3 heteroatoms. The van der Waals surface area contributed by atoms with Crippen LogP contribution in [0.5, 0.6) is 0 Å². The van der Waals surface area contributed by atoms with Gasteiger partial charge in [-0.1, -0.05) is 13.8 Å². The van der Waals surface area contributed by atoms with Crippen LogP contribution in [-0.2, 0) is 6.54 Å². The monoisotopic (exact) mass is 288 g/mol. The first-order chi connectivity index (χ1) is 10.2. The van der Waals surface area contributed by atoms with Crippen molar-refractivity contribution in [3.8, 4) is 0 Å². The Balaban J connectivity index is 1.43. The van der Waals surface area contributed by atoms with E-state index in [9.17, 15) is 0 Å². The van der Waals surface area contributed by atoms with Gasteiger partial charge < -0.3 is 9.73 Å². The van der Waals surface area contributed by atoms with Crippen LogP contribution in [0.15, 0.2) is 10.6 Å². The molecule has 0 unspecified atom stereocenters. The Labute approximate surface area is 127 Å². The molecule has 4 fully saturated rings. The van der Waals surface area contributed by atoms with Crippen LogP contribution in [0.1, 0.15) is 63.5 Å². The Kier molecular flexibility index (Phi) is 3.56. The van der Waals surface area contributed by atoms with Gasteiger partial charge in [-0.15, -0.1) is 0 Å². The summed E-state index contributed by atoms with van der Waals surface area (Å²) < 4.78 is 6.12. The molecule has 21 heavy (non-hydrogen) atoms. The second-order valence-corrected chi connectivity index (χ2v) is 8.14. The van der Waals surface area contributed by atoms with Crippen LogP contribution < -0.4 is 5.32 Å². The molecule has 0 atom stereocenters. The minimum absolute atomic E-state index is 0.670. The maximum Gasteiger partial charge on any atom is 0.208 e. The Morgan fingerprint density at radius 3 is 2.43 bits per heavy atom. The average Bonchev–Trinajstić information content (AvgIpc) is 2.85. The van der Waals surface area contributed by atoms with Gasteiger partial charge >= 0.3 is 0 Å². The molecule has 4 aliphatic carbocycles. The van der Waals surface area contributed by atoms with Crippen LogP contribution in [-0.4, -0.2) is 11.5 Å². The van der Waals surface area contributed by atoms with Crippen molar-refractivity contribution in [3.63, 3.8) is 0 Å². The van der Waals surface area contributed by atoms with Crippen LogP contribution in [0, 0.1) is 29.6 Å². The summed E-state index contributed by atoms with van der Waals surface area (Å²) in [6.07, 6.45) is 9.32. The fraction of sp³-hybridized carbons (Fsp3) is 0.833. The summed E-state index contributed by atoms with van der Waals surface area (Å²) in [7, 11) is 0. The number of nitrogens with one attached hydrogen (secondary N) is 1. The third-order valence-corrected chi connectivity index (χ3v) is 5.96. The van der Waals surface area contributed by atoms with E-state index in [2.05, 4.69) is 24.1 Å². The third kappa shape index (κ3) is 2.65. The molecule has 4 bridgehead atoms. The van der Waals surface area contributed by atoms with Crippen LogP contribution >= 0.6 is 0 Å². The van der Waals surface area contributed by atoms with Gasteiger partial charge in [0.2, 0.25) is 5.89 Å². The van der Waals surface area contributed by atoms with Crippen LogP contribution in [0.25, 0.3) is 0 Å². The molecule has 1 heterocycles. The number of hydrogen-bond donors (Lipinski definition) is 1. The predicted octanol–water partition coefficient (Wildman–Crippen LogP) is 3.96. The van der Waals surface area contributed by atoms with E-state index in [0.717, 1.165) is 42.7 Å². The van der Waals surface area contributed by atoms with Crippen LogP contribution in [0.2, 0.25) is 0 Å². The molecule has 4 aliphatic rings. The predicted molar refractivity (Wildman–Crippen MR) is 82.8 cm³/mol. The molecule has 5 rings (SSSR count). The van der Waals surface area contributed by atoms with Crippen molar-refractivity contribution in [2.24, 2.45) is 29.6 Å². The first-order valence-electron chi connectivity index (χ1n) is 8.84. The average molecular weight is 288 g/mol. The molecule has 3 nitrogen and oxygen atoms in total. The molecule has 0 aromatic carbocycles. The van der Waals surface area contributed by atoms with Crippen molar-refractivity contribution in [1.82, 2.24) is 10.3 Å². The van der Waals surface area contributed by atoms with E-state index in [1.165, 1.54) is 37.9 Å². The smallest absolute Gasteiger partial charge is 0.208 e. The van der Waals surface area contributed by atoms with Crippen molar-refractivity contribution < 1.29 is 4.42 Å². The summed E-state index contributed by atoms with van der Waals surface area (Å²) >= 11 is 0. The molecule has 0 radical (unpaired) electrons. The SMILES string of the molecule is CC(C)CNCc1ncc(C2C3CC4CC(C3)CC2C4)o1. The first kappa shape index (κ1) is 13.8. The summed E-state index contributed by atoms with van der Waals surface area (Å²) in [6, 6.07) is 0. The van der Waals surface area contributed by atoms with Gasteiger partial charge in [-0.2, -0.15) is 0 Å². The lowest BCUT2D eigenvalue weighted by Crippen LogP contribution is -2.43. The number of oxazole rings is 1. The molecular formula is C18H28N2O. The Morgan fingerprint density at radius 1 is 1.14 bits per heavy atom. The summed E-state index contributed by atoms with van der Waals surface area (Å²) in [6.45, 7) is 6.24. The molecular weight excluding hydrogens is 260 g/mol. The zero-order chi connectivity index (χ0) is 14.4. The summed E-state index contributed by atoms with van der Waals surface area (Å²) in [5, 5.41) is 3.43. The third-order valence-electron chi connectivity index (χ3n) is 5.96. The highest BCUT2D eigenvalue weighted by atomic mass is 16.4. The van der Waals surface area contributed by atoms with Crippen molar-refractivity contribution in [2.75, 3.05) is 6.54 Å². The van der Waals surface area contributed by atoms with Crippen molar-refractivity contribution >= 4 is 0 Å².